The van der Waals surface area contributed by atoms with Crippen molar-refractivity contribution in [3.8, 4) is 0 Å². The summed E-state index contributed by atoms with van der Waals surface area (Å²) < 4.78 is 0. The summed E-state index contributed by atoms with van der Waals surface area (Å²) in [6.07, 6.45) is 1.62. The third kappa shape index (κ3) is 3.67. The number of amides is 2. The molecule has 1 saturated heterocycles. The summed E-state index contributed by atoms with van der Waals surface area (Å²) in [4.78, 5) is 29.6. The molecule has 0 aromatic carbocycles. The van der Waals surface area contributed by atoms with Crippen molar-refractivity contribution in [2.75, 3.05) is 25.4 Å². The Morgan fingerprint density at radius 2 is 2.10 bits per heavy atom. The standard InChI is InChI=1S/C12H19N5O2S/c1-7-10(20-12(14)15-7)11(19)16-8-2-4-17(5-3-8)6-9(13)18/h8H,2-6H2,1H3,(H2,13,18)(H2,14,15)(H,16,19). The first-order chi connectivity index (χ1) is 9.45. The second-order valence-electron chi connectivity index (χ2n) is 4.96. The van der Waals surface area contributed by atoms with Crippen LogP contribution in [0.4, 0.5) is 5.13 Å². The number of likely N-dealkylation sites (tertiary alicyclic amines) is 1. The van der Waals surface area contributed by atoms with Gasteiger partial charge in [-0.25, -0.2) is 4.98 Å². The van der Waals surface area contributed by atoms with Crippen LogP contribution in [0.5, 0.6) is 0 Å². The maximum absolute atomic E-state index is 12.1. The lowest BCUT2D eigenvalue weighted by Gasteiger charge is -2.31. The van der Waals surface area contributed by atoms with Gasteiger partial charge in [-0.1, -0.05) is 11.3 Å². The molecule has 2 rings (SSSR count). The first-order valence-electron chi connectivity index (χ1n) is 6.50. The number of rotatable bonds is 4. The molecule has 1 fully saturated rings. The maximum Gasteiger partial charge on any atom is 0.263 e. The SMILES string of the molecule is Cc1nc(N)sc1C(=O)NC1CCN(CC(N)=O)CC1. The van der Waals surface area contributed by atoms with Crippen LogP contribution in [-0.4, -0.2) is 47.4 Å². The summed E-state index contributed by atoms with van der Waals surface area (Å²) in [5.41, 5.74) is 11.4. The lowest BCUT2D eigenvalue weighted by molar-refractivity contribution is -0.119. The summed E-state index contributed by atoms with van der Waals surface area (Å²) >= 11 is 1.20. The lowest BCUT2D eigenvalue weighted by atomic mass is 10.0. The van der Waals surface area contributed by atoms with Gasteiger partial charge in [0.15, 0.2) is 5.13 Å². The van der Waals surface area contributed by atoms with Crippen molar-refractivity contribution < 1.29 is 9.59 Å². The van der Waals surface area contributed by atoms with Crippen LogP contribution in [0, 0.1) is 6.92 Å². The fourth-order valence-electron chi connectivity index (χ4n) is 2.33. The van der Waals surface area contributed by atoms with Crippen LogP contribution in [0.2, 0.25) is 0 Å². The van der Waals surface area contributed by atoms with Gasteiger partial charge in [0, 0.05) is 19.1 Å². The molecule has 1 aliphatic rings. The van der Waals surface area contributed by atoms with Gasteiger partial charge in [0.2, 0.25) is 5.91 Å². The lowest BCUT2D eigenvalue weighted by Crippen LogP contribution is -2.46. The molecule has 2 amide bonds. The van der Waals surface area contributed by atoms with Crippen LogP contribution in [0.25, 0.3) is 0 Å². The molecule has 0 aliphatic carbocycles. The smallest absolute Gasteiger partial charge is 0.263 e. The Morgan fingerprint density at radius 1 is 1.45 bits per heavy atom. The normalized spacial score (nSPS) is 17.1. The molecule has 2 heterocycles. The van der Waals surface area contributed by atoms with E-state index in [-0.39, 0.29) is 24.4 Å². The quantitative estimate of drug-likeness (QED) is 0.706. The van der Waals surface area contributed by atoms with Gasteiger partial charge in [-0.15, -0.1) is 0 Å². The predicted octanol–water partition coefficient (Wildman–Crippen LogP) is -0.287. The summed E-state index contributed by atoms with van der Waals surface area (Å²) in [6, 6.07) is 0.120. The molecular formula is C12H19N5O2S. The molecule has 1 aromatic heterocycles. The molecule has 110 valence electrons. The zero-order valence-electron chi connectivity index (χ0n) is 11.4. The largest absolute Gasteiger partial charge is 0.375 e. The van der Waals surface area contributed by atoms with E-state index in [0.717, 1.165) is 25.9 Å². The highest BCUT2D eigenvalue weighted by atomic mass is 32.1. The molecule has 0 saturated carbocycles. The van der Waals surface area contributed by atoms with E-state index < -0.39 is 0 Å². The number of thiazole rings is 1. The molecule has 1 aliphatic heterocycles. The fraction of sp³-hybridized carbons (Fsp3) is 0.583. The summed E-state index contributed by atoms with van der Waals surface area (Å²) in [5.74, 6) is -0.437. The molecule has 20 heavy (non-hydrogen) atoms. The van der Waals surface area contributed by atoms with Crippen LogP contribution in [0.1, 0.15) is 28.2 Å². The van der Waals surface area contributed by atoms with E-state index in [1.165, 1.54) is 11.3 Å². The monoisotopic (exact) mass is 297 g/mol. The Bertz CT molecular complexity index is 508. The number of piperidine rings is 1. The van der Waals surface area contributed by atoms with E-state index >= 15 is 0 Å². The number of nitrogen functional groups attached to an aromatic ring is 1. The fourth-order valence-corrected chi connectivity index (χ4v) is 3.07. The van der Waals surface area contributed by atoms with Gasteiger partial charge in [-0.05, 0) is 19.8 Å². The van der Waals surface area contributed by atoms with Crippen molar-refractivity contribution in [3.05, 3.63) is 10.6 Å². The summed E-state index contributed by atoms with van der Waals surface area (Å²) in [6.45, 7) is 3.58. The topological polar surface area (TPSA) is 114 Å². The van der Waals surface area contributed by atoms with Gasteiger partial charge in [-0.3, -0.25) is 14.5 Å². The molecule has 0 bridgehead atoms. The number of nitrogens with zero attached hydrogens (tertiary/aromatic N) is 2. The Balaban J connectivity index is 1.85. The first kappa shape index (κ1) is 14.7. The van der Waals surface area contributed by atoms with Crippen LogP contribution in [-0.2, 0) is 4.79 Å². The number of aryl methyl sites for hydroxylation is 1. The second-order valence-corrected chi connectivity index (χ2v) is 5.99. The minimum absolute atomic E-state index is 0.120. The van der Waals surface area contributed by atoms with Gasteiger partial charge < -0.3 is 16.8 Å². The number of nitrogens with one attached hydrogen (secondary N) is 1. The Hall–Kier alpha value is -1.67. The van der Waals surface area contributed by atoms with Crippen molar-refractivity contribution >= 4 is 28.3 Å². The minimum Gasteiger partial charge on any atom is -0.375 e. The van der Waals surface area contributed by atoms with E-state index in [9.17, 15) is 9.59 Å². The van der Waals surface area contributed by atoms with Crippen molar-refractivity contribution in [2.45, 2.75) is 25.8 Å². The predicted molar refractivity (Wildman–Crippen MR) is 77.4 cm³/mol. The summed E-state index contributed by atoms with van der Waals surface area (Å²) in [5, 5.41) is 3.40. The third-order valence-electron chi connectivity index (χ3n) is 3.32. The zero-order valence-corrected chi connectivity index (χ0v) is 12.2. The van der Waals surface area contributed by atoms with Crippen molar-refractivity contribution in [3.63, 3.8) is 0 Å². The van der Waals surface area contributed by atoms with Crippen molar-refractivity contribution in [2.24, 2.45) is 5.73 Å². The van der Waals surface area contributed by atoms with Crippen molar-refractivity contribution in [1.82, 2.24) is 15.2 Å². The Kier molecular flexibility index (Phi) is 4.56. The molecule has 0 spiro atoms. The highest BCUT2D eigenvalue weighted by Crippen LogP contribution is 2.20. The van der Waals surface area contributed by atoms with E-state index in [4.69, 9.17) is 11.5 Å². The molecule has 1 aromatic rings. The van der Waals surface area contributed by atoms with Crippen LogP contribution in [0.3, 0.4) is 0 Å². The van der Waals surface area contributed by atoms with E-state index in [2.05, 4.69) is 10.3 Å². The molecule has 7 nitrogen and oxygen atoms in total. The maximum atomic E-state index is 12.1. The first-order valence-corrected chi connectivity index (χ1v) is 7.31. The third-order valence-corrected chi connectivity index (χ3v) is 4.31. The number of carbonyl (C=O) groups is 2. The zero-order chi connectivity index (χ0) is 14.7. The Labute approximate surface area is 121 Å². The van der Waals surface area contributed by atoms with Crippen molar-refractivity contribution in [1.29, 1.82) is 0 Å². The highest BCUT2D eigenvalue weighted by molar-refractivity contribution is 7.17. The number of anilines is 1. The number of aromatic nitrogens is 1. The molecule has 8 heteroatoms. The van der Waals surface area contributed by atoms with Crippen LogP contribution in [0.15, 0.2) is 0 Å². The highest BCUT2D eigenvalue weighted by Gasteiger charge is 2.23. The average molecular weight is 297 g/mol. The number of carbonyl (C=O) groups excluding carboxylic acids is 2. The molecule has 0 unspecified atom stereocenters. The summed E-state index contributed by atoms with van der Waals surface area (Å²) in [7, 11) is 0. The van der Waals surface area contributed by atoms with Gasteiger partial charge in [0.25, 0.3) is 5.91 Å². The second kappa shape index (κ2) is 6.19. The number of hydrogen-bond donors (Lipinski definition) is 3. The number of hydrogen-bond acceptors (Lipinski definition) is 6. The van der Waals surface area contributed by atoms with E-state index in [1.807, 2.05) is 4.90 Å². The molecular weight excluding hydrogens is 278 g/mol. The molecule has 0 atom stereocenters. The minimum atomic E-state index is -0.316. The van der Waals surface area contributed by atoms with Gasteiger partial charge >= 0.3 is 0 Å². The van der Waals surface area contributed by atoms with Gasteiger partial charge in [0.1, 0.15) is 4.88 Å². The number of nitrogens with two attached hydrogens (primary N) is 2. The van der Waals surface area contributed by atoms with E-state index in [1.54, 1.807) is 6.92 Å². The molecule has 0 radical (unpaired) electrons. The van der Waals surface area contributed by atoms with Gasteiger partial charge in [-0.2, -0.15) is 0 Å². The van der Waals surface area contributed by atoms with Gasteiger partial charge in [0.05, 0.1) is 12.2 Å². The van der Waals surface area contributed by atoms with Crippen LogP contribution < -0.4 is 16.8 Å². The Morgan fingerprint density at radius 3 is 2.60 bits per heavy atom. The molecule has 5 N–H and O–H groups in total. The average Bonchev–Trinajstić information content (AvgIpc) is 2.70. The van der Waals surface area contributed by atoms with Crippen LogP contribution >= 0.6 is 11.3 Å². The number of primary amides is 1. The van der Waals surface area contributed by atoms with E-state index in [0.29, 0.717) is 15.7 Å².